The summed E-state index contributed by atoms with van der Waals surface area (Å²) in [5.74, 6) is 0.650. The predicted octanol–water partition coefficient (Wildman–Crippen LogP) is 5.16. The van der Waals surface area contributed by atoms with E-state index in [1.54, 1.807) is 0 Å². The Balaban J connectivity index is 2.02. The van der Waals surface area contributed by atoms with Gasteiger partial charge in [0.25, 0.3) is 0 Å². The molecule has 0 radical (unpaired) electrons. The van der Waals surface area contributed by atoms with E-state index in [1.165, 1.54) is 44.8 Å². The summed E-state index contributed by atoms with van der Waals surface area (Å²) in [6.45, 7) is 3.02. The van der Waals surface area contributed by atoms with Gasteiger partial charge in [-0.2, -0.15) is 0 Å². The maximum atomic E-state index is 12.8. The van der Waals surface area contributed by atoms with Crippen molar-refractivity contribution in [1.29, 1.82) is 0 Å². The third kappa shape index (κ3) is 6.90. The number of hydrogen-bond acceptors (Lipinski definition) is 4. The first kappa shape index (κ1) is 22.4. The fraction of sp³-hybridized carbons (Fsp3) is 0.870. The summed E-state index contributed by atoms with van der Waals surface area (Å²) < 4.78 is 11.3. The molecule has 0 aromatic carbocycles. The molecule has 0 heterocycles. The minimum absolute atomic E-state index is 0.115. The van der Waals surface area contributed by atoms with Crippen LogP contribution in [0.5, 0.6) is 0 Å². The Labute approximate surface area is 166 Å². The lowest BCUT2D eigenvalue weighted by atomic mass is 9.78. The normalized spacial score (nSPS) is 23.5. The summed E-state index contributed by atoms with van der Waals surface area (Å²) in [5, 5.41) is 3.36. The Hall–Kier alpha value is -0.870. The molecule has 2 atom stereocenters. The van der Waals surface area contributed by atoms with Gasteiger partial charge in [0.2, 0.25) is 0 Å². The van der Waals surface area contributed by atoms with E-state index >= 15 is 0 Å². The molecule has 2 rings (SSSR count). The van der Waals surface area contributed by atoms with Gasteiger partial charge in [-0.25, -0.2) is 0 Å². The van der Waals surface area contributed by atoms with E-state index in [4.69, 9.17) is 9.47 Å². The molecule has 0 aromatic rings. The second-order valence-electron chi connectivity index (χ2n) is 8.52. The van der Waals surface area contributed by atoms with Crippen LogP contribution >= 0.6 is 0 Å². The monoisotopic (exact) mass is 379 g/mol. The molecular weight excluding hydrogens is 338 g/mol. The van der Waals surface area contributed by atoms with Gasteiger partial charge in [0, 0.05) is 6.61 Å². The van der Waals surface area contributed by atoms with Crippen molar-refractivity contribution < 1.29 is 14.3 Å². The zero-order valence-electron chi connectivity index (χ0n) is 17.9. The van der Waals surface area contributed by atoms with Gasteiger partial charge in [-0.05, 0) is 57.9 Å². The largest absolute Gasteiger partial charge is 0.468 e. The van der Waals surface area contributed by atoms with Crippen LogP contribution in [0, 0.1) is 5.92 Å². The van der Waals surface area contributed by atoms with Crippen LogP contribution in [0.25, 0.3) is 0 Å². The number of esters is 1. The highest BCUT2D eigenvalue weighted by molar-refractivity contribution is 5.81. The Morgan fingerprint density at radius 1 is 1.22 bits per heavy atom. The standard InChI is InChI=1S/C23H41NO3/c1-4-5-16-27-21-13-9-12-20(17-21)18-23(24-2,22(25)26-3)15-14-19-10-7-6-8-11-19/h17,19,21,24H,4-16,18H2,1-3H3/t21-,23-/m1/s1. The van der Waals surface area contributed by atoms with Gasteiger partial charge in [-0.1, -0.05) is 57.1 Å². The second kappa shape index (κ2) is 11.9. The summed E-state index contributed by atoms with van der Waals surface area (Å²) in [6.07, 6.45) is 17.5. The molecule has 0 saturated heterocycles. The maximum absolute atomic E-state index is 12.8. The van der Waals surface area contributed by atoms with Crippen molar-refractivity contribution in [2.24, 2.45) is 5.92 Å². The van der Waals surface area contributed by atoms with E-state index in [0.29, 0.717) is 0 Å². The van der Waals surface area contributed by atoms with Gasteiger partial charge >= 0.3 is 5.97 Å². The fourth-order valence-corrected chi connectivity index (χ4v) is 4.71. The predicted molar refractivity (Wildman–Crippen MR) is 111 cm³/mol. The molecule has 156 valence electrons. The molecule has 4 nitrogen and oxygen atoms in total. The first-order chi connectivity index (χ1) is 13.1. The SMILES string of the molecule is CCCCO[C@H]1C=C(C[C@@](CCC2CCCCC2)(NC)C(=O)OC)CCC1. The number of carbonyl (C=O) groups is 1. The van der Waals surface area contributed by atoms with Gasteiger partial charge in [-0.3, -0.25) is 4.79 Å². The highest BCUT2D eigenvalue weighted by Crippen LogP contribution is 2.34. The van der Waals surface area contributed by atoms with Gasteiger partial charge < -0.3 is 14.8 Å². The van der Waals surface area contributed by atoms with Crippen LogP contribution in [0.15, 0.2) is 11.6 Å². The Kier molecular flexibility index (Phi) is 9.84. The third-order valence-corrected chi connectivity index (χ3v) is 6.53. The molecule has 2 aliphatic carbocycles. The molecule has 0 amide bonds. The van der Waals surface area contributed by atoms with Crippen molar-refractivity contribution in [3.05, 3.63) is 11.6 Å². The number of nitrogens with one attached hydrogen (secondary N) is 1. The van der Waals surface area contributed by atoms with Crippen LogP contribution in [0.4, 0.5) is 0 Å². The number of ether oxygens (including phenoxy) is 2. The first-order valence-electron chi connectivity index (χ1n) is 11.2. The zero-order chi connectivity index (χ0) is 19.5. The lowest BCUT2D eigenvalue weighted by Gasteiger charge is -2.35. The molecule has 0 aliphatic heterocycles. The molecule has 0 bridgehead atoms. The van der Waals surface area contributed by atoms with Crippen LogP contribution in [-0.4, -0.2) is 38.4 Å². The molecule has 4 heteroatoms. The second-order valence-corrected chi connectivity index (χ2v) is 8.52. The molecule has 1 fully saturated rings. The summed E-state index contributed by atoms with van der Waals surface area (Å²) in [6, 6.07) is 0. The number of likely N-dealkylation sites (N-methyl/N-ethyl adjacent to an activating group) is 1. The molecule has 27 heavy (non-hydrogen) atoms. The fourth-order valence-electron chi connectivity index (χ4n) is 4.71. The van der Waals surface area contributed by atoms with E-state index in [-0.39, 0.29) is 12.1 Å². The minimum Gasteiger partial charge on any atom is -0.468 e. The molecule has 0 aromatic heterocycles. The Morgan fingerprint density at radius 2 is 2.00 bits per heavy atom. The Bertz CT molecular complexity index is 470. The topological polar surface area (TPSA) is 47.6 Å². The molecular formula is C23H41NO3. The van der Waals surface area contributed by atoms with Crippen molar-refractivity contribution >= 4 is 5.97 Å². The molecule has 0 unspecified atom stereocenters. The average Bonchev–Trinajstić information content (AvgIpc) is 2.72. The first-order valence-corrected chi connectivity index (χ1v) is 11.2. The zero-order valence-corrected chi connectivity index (χ0v) is 17.9. The van der Waals surface area contributed by atoms with Gasteiger partial charge in [0.1, 0.15) is 5.54 Å². The van der Waals surface area contributed by atoms with Crippen LogP contribution in [0.2, 0.25) is 0 Å². The molecule has 1 N–H and O–H groups in total. The van der Waals surface area contributed by atoms with Crippen molar-refractivity contribution in [1.82, 2.24) is 5.32 Å². The lowest BCUT2D eigenvalue weighted by Crippen LogP contribution is -2.51. The van der Waals surface area contributed by atoms with Crippen molar-refractivity contribution in [2.75, 3.05) is 20.8 Å². The number of rotatable bonds is 11. The third-order valence-electron chi connectivity index (χ3n) is 6.53. The molecule has 0 spiro atoms. The van der Waals surface area contributed by atoms with Crippen LogP contribution in [0.1, 0.15) is 90.4 Å². The summed E-state index contributed by atoms with van der Waals surface area (Å²) in [5.41, 5.74) is 0.759. The molecule has 1 saturated carbocycles. The summed E-state index contributed by atoms with van der Waals surface area (Å²) in [4.78, 5) is 12.8. The van der Waals surface area contributed by atoms with E-state index in [0.717, 1.165) is 63.9 Å². The smallest absolute Gasteiger partial charge is 0.326 e. The minimum atomic E-state index is -0.594. The highest BCUT2D eigenvalue weighted by Gasteiger charge is 2.39. The summed E-state index contributed by atoms with van der Waals surface area (Å²) >= 11 is 0. The van der Waals surface area contributed by atoms with E-state index in [1.807, 2.05) is 7.05 Å². The molecule has 2 aliphatic rings. The average molecular weight is 380 g/mol. The van der Waals surface area contributed by atoms with Crippen molar-refractivity contribution in [2.45, 2.75) is 102 Å². The quantitative estimate of drug-likeness (QED) is 0.306. The maximum Gasteiger partial charge on any atom is 0.326 e. The summed E-state index contributed by atoms with van der Waals surface area (Å²) in [7, 11) is 3.43. The van der Waals surface area contributed by atoms with Crippen molar-refractivity contribution in [3.63, 3.8) is 0 Å². The van der Waals surface area contributed by atoms with Gasteiger partial charge in [0.15, 0.2) is 0 Å². The van der Waals surface area contributed by atoms with E-state index in [9.17, 15) is 4.79 Å². The van der Waals surface area contributed by atoms with Crippen LogP contribution in [0.3, 0.4) is 0 Å². The number of carbonyl (C=O) groups excluding carboxylic acids is 1. The van der Waals surface area contributed by atoms with Crippen LogP contribution in [-0.2, 0) is 14.3 Å². The Morgan fingerprint density at radius 3 is 2.67 bits per heavy atom. The van der Waals surface area contributed by atoms with Crippen molar-refractivity contribution in [3.8, 4) is 0 Å². The van der Waals surface area contributed by atoms with Gasteiger partial charge in [-0.15, -0.1) is 0 Å². The van der Waals surface area contributed by atoms with E-state index in [2.05, 4.69) is 18.3 Å². The number of unbranched alkanes of at least 4 members (excludes halogenated alkanes) is 1. The van der Waals surface area contributed by atoms with E-state index < -0.39 is 5.54 Å². The number of hydrogen-bond donors (Lipinski definition) is 1. The number of methoxy groups -OCH3 is 1. The highest BCUT2D eigenvalue weighted by atomic mass is 16.5. The van der Waals surface area contributed by atoms with Gasteiger partial charge in [0.05, 0.1) is 13.2 Å². The lowest BCUT2D eigenvalue weighted by molar-refractivity contribution is -0.149. The van der Waals surface area contributed by atoms with Crippen LogP contribution < -0.4 is 5.32 Å².